The summed E-state index contributed by atoms with van der Waals surface area (Å²) in [6, 6.07) is 1.83. The summed E-state index contributed by atoms with van der Waals surface area (Å²) in [7, 11) is 1.80. The predicted molar refractivity (Wildman–Crippen MR) is 75.6 cm³/mol. The maximum Gasteiger partial charge on any atom is 0.254 e. The van der Waals surface area contributed by atoms with Gasteiger partial charge in [0.05, 0.1) is 18.4 Å². The molecular formula is C14H23N3O3. The molecule has 0 aromatic carbocycles. The Kier molecular flexibility index (Phi) is 5.14. The lowest BCUT2D eigenvalue weighted by molar-refractivity contribution is -0.130. The first kappa shape index (κ1) is 15.0. The van der Waals surface area contributed by atoms with Gasteiger partial charge in [0.2, 0.25) is 0 Å². The molecule has 6 heteroatoms. The van der Waals surface area contributed by atoms with Crippen LogP contribution in [0.25, 0.3) is 0 Å². The number of rotatable bonds is 5. The molecule has 1 aromatic rings. The average molecular weight is 281 g/mol. The number of nitrogens with zero attached hydrogens (tertiary/aromatic N) is 2. The van der Waals surface area contributed by atoms with Gasteiger partial charge in [0.15, 0.2) is 0 Å². The Bertz CT molecular complexity index is 453. The summed E-state index contributed by atoms with van der Waals surface area (Å²) in [6.45, 7) is 4.90. The van der Waals surface area contributed by atoms with E-state index in [1.54, 1.807) is 18.7 Å². The number of amides is 1. The number of anilines is 1. The fourth-order valence-electron chi connectivity index (χ4n) is 2.22. The Morgan fingerprint density at radius 2 is 2.45 bits per heavy atom. The minimum Gasteiger partial charge on any atom is -0.376 e. The lowest BCUT2D eigenvalue weighted by atomic mass is 10.1. The molecule has 1 N–H and O–H groups in total. The number of hydrogen-bond donors (Lipinski definition) is 1. The maximum atomic E-state index is 12.0. The third-order valence-electron chi connectivity index (χ3n) is 3.43. The van der Waals surface area contributed by atoms with Gasteiger partial charge >= 0.3 is 0 Å². The standard InChI is InChI=1S/C14H23N3O3/c1-10-8-13(17(3)16-10)15-14(18)11(2)20-9-12-6-4-5-7-19-12/h8,11-12H,4-7,9H2,1-3H3,(H,15,18)/t11-,12-/m0/s1. The monoisotopic (exact) mass is 281 g/mol. The zero-order valence-electron chi connectivity index (χ0n) is 12.4. The van der Waals surface area contributed by atoms with E-state index in [1.807, 2.05) is 13.0 Å². The first-order valence-electron chi connectivity index (χ1n) is 7.11. The minimum atomic E-state index is -0.504. The van der Waals surface area contributed by atoms with Crippen LogP contribution in [0.3, 0.4) is 0 Å². The van der Waals surface area contributed by atoms with E-state index in [1.165, 1.54) is 6.42 Å². The van der Waals surface area contributed by atoms with E-state index >= 15 is 0 Å². The highest BCUT2D eigenvalue weighted by Gasteiger charge is 2.19. The molecule has 2 rings (SSSR count). The van der Waals surface area contributed by atoms with Gasteiger partial charge in [0.1, 0.15) is 11.9 Å². The van der Waals surface area contributed by atoms with Crippen molar-refractivity contribution in [2.45, 2.75) is 45.3 Å². The highest BCUT2D eigenvalue weighted by atomic mass is 16.5. The van der Waals surface area contributed by atoms with Gasteiger partial charge in [-0.1, -0.05) is 0 Å². The van der Waals surface area contributed by atoms with Crippen molar-refractivity contribution in [2.24, 2.45) is 7.05 Å². The molecule has 2 atom stereocenters. The molecule has 1 saturated heterocycles. The van der Waals surface area contributed by atoms with Crippen molar-refractivity contribution in [3.8, 4) is 0 Å². The second-order valence-electron chi connectivity index (χ2n) is 5.25. The second kappa shape index (κ2) is 6.85. The van der Waals surface area contributed by atoms with Gasteiger partial charge in [0, 0.05) is 19.7 Å². The second-order valence-corrected chi connectivity index (χ2v) is 5.25. The molecule has 6 nitrogen and oxygen atoms in total. The van der Waals surface area contributed by atoms with Gasteiger partial charge in [-0.25, -0.2) is 0 Å². The highest BCUT2D eigenvalue weighted by molar-refractivity contribution is 5.93. The van der Waals surface area contributed by atoms with Gasteiger partial charge in [-0.2, -0.15) is 5.10 Å². The molecule has 0 unspecified atom stereocenters. The molecule has 0 aliphatic carbocycles. The first-order valence-corrected chi connectivity index (χ1v) is 7.11. The molecule has 20 heavy (non-hydrogen) atoms. The molecule has 1 aliphatic heterocycles. The molecule has 0 saturated carbocycles. The predicted octanol–water partition coefficient (Wildman–Crippen LogP) is 1.64. The fourth-order valence-corrected chi connectivity index (χ4v) is 2.22. The zero-order chi connectivity index (χ0) is 14.5. The maximum absolute atomic E-state index is 12.0. The number of carbonyl (C=O) groups excluding carboxylic acids is 1. The number of aryl methyl sites for hydroxylation is 2. The van der Waals surface area contributed by atoms with Gasteiger partial charge in [0.25, 0.3) is 5.91 Å². The van der Waals surface area contributed by atoms with Crippen molar-refractivity contribution in [1.29, 1.82) is 0 Å². The third-order valence-corrected chi connectivity index (χ3v) is 3.43. The molecule has 1 fully saturated rings. The van der Waals surface area contributed by atoms with Crippen LogP contribution in [0, 0.1) is 6.92 Å². The van der Waals surface area contributed by atoms with Crippen LogP contribution in [0.2, 0.25) is 0 Å². The normalized spacial score (nSPS) is 20.6. The van der Waals surface area contributed by atoms with Crippen LogP contribution in [0.4, 0.5) is 5.82 Å². The SMILES string of the molecule is Cc1cc(NC(=O)[C@H](C)OC[C@@H]2CCCCO2)n(C)n1. The molecule has 1 aliphatic rings. The topological polar surface area (TPSA) is 65.4 Å². The molecule has 0 radical (unpaired) electrons. The summed E-state index contributed by atoms with van der Waals surface area (Å²) in [5.74, 6) is 0.515. The number of aromatic nitrogens is 2. The minimum absolute atomic E-state index is 0.123. The van der Waals surface area contributed by atoms with Gasteiger partial charge in [-0.05, 0) is 33.1 Å². The van der Waals surface area contributed by atoms with E-state index in [0.29, 0.717) is 12.4 Å². The van der Waals surface area contributed by atoms with Gasteiger partial charge in [-0.3, -0.25) is 9.48 Å². The van der Waals surface area contributed by atoms with Crippen LogP contribution in [0.1, 0.15) is 31.9 Å². The Hall–Kier alpha value is -1.40. The Morgan fingerprint density at radius 3 is 3.05 bits per heavy atom. The van der Waals surface area contributed by atoms with Crippen LogP contribution in [0.5, 0.6) is 0 Å². The molecule has 112 valence electrons. The lowest BCUT2D eigenvalue weighted by Gasteiger charge is -2.23. The van der Waals surface area contributed by atoms with Crippen LogP contribution < -0.4 is 5.32 Å². The molecule has 0 bridgehead atoms. The number of nitrogens with one attached hydrogen (secondary N) is 1. The lowest BCUT2D eigenvalue weighted by Crippen LogP contribution is -2.33. The number of carbonyl (C=O) groups is 1. The summed E-state index contributed by atoms with van der Waals surface area (Å²) in [4.78, 5) is 12.0. The van der Waals surface area contributed by atoms with Crippen molar-refractivity contribution in [3.05, 3.63) is 11.8 Å². The molecule has 1 aromatic heterocycles. The molecule has 1 amide bonds. The first-order chi connectivity index (χ1) is 9.56. The van der Waals surface area contributed by atoms with E-state index in [-0.39, 0.29) is 12.0 Å². The van der Waals surface area contributed by atoms with Gasteiger partial charge < -0.3 is 14.8 Å². The van der Waals surface area contributed by atoms with E-state index in [4.69, 9.17) is 9.47 Å². The van der Waals surface area contributed by atoms with Crippen LogP contribution in [0.15, 0.2) is 6.07 Å². The molecule has 2 heterocycles. The smallest absolute Gasteiger partial charge is 0.254 e. The van der Waals surface area contributed by atoms with Crippen molar-refractivity contribution in [3.63, 3.8) is 0 Å². The van der Waals surface area contributed by atoms with E-state index in [2.05, 4.69) is 10.4 Å². The number of ether oxygens (including phenoxy) is 2. The van der Waals surface area contributed by atoms with Crippen molar-refractivity contribution < 1.29 is 14.3 Å². The Labute approximate surface area is 119 Å². The summed E-state index contributed by atoms with van der Waals surface area (Å²) in [6.07, 6.45) is 2.92. The molecule has 0 spiro atoms. The quantitative estimate of drug-likeness (QED) is 0.891. The zero-order valence-corrected chi connectivity index (χ0v) is 12.4. The Morgan fingerprint density at radius 1 is 1.65 bits per heavy atom. The van der Waals surface area contributed by atoms with E-state index < -0.39 is 6.10 Å². The van der Waals surface area contributed by atoms with Crippen molar-refractivity contribution in [1.82, 2.24) is 9.78 Å². The third kappa shape index (κ3) is 4.05. The van der Waals surface area contributed by atoms with Crippen molar-refractivity contribution in [2.75, 3.05) is 18.5 Å². The van der Waals surface area contributed by atoms with E-state index in [9.17, 15) is 4.79 Å². The highest BCUT2D eigenvalue weighted by Crippen LogP contribution is 2.14. The van der Waals surface area contributed by atoms with E-state index in [0.717, 1.165) is 25.1 Å². The van der Waals surface area contributed by atoms with Gasteiger partial charge in [-0.15, -0.1) is 0 Å². The van der Waals surface area contributed by atoms with Crippen molar-refractivity contribution >= 4 is 11.7 Å². The summed E-state index contributed by atoms with van der Waals surface area (Å²) >= 11 is 0. The van der Waals surface area contributed by atoms with Crippen LogP contribution in [-0.2, 0) is 21.3 Å². The van der Waals surface area contributed by atoms with Crippen LogP contribution in [-0.4, -0.2) is 41.1 Å². The fraction of sp³-hybridized carbons (Fsp3) is 0.714. The number of hydrogen-bond acceptors (Lipinski definition) is 4. The molecular weight excluding hydrogens is 258 g/mol. The largest absolute Gasteiger partial charge is 0.376 e. The Balaban J connectivity index is 1.78. The average Bonchev–Trinajstić information content (AvgIpc) is 2.75. The summed E-state index contributed by atoms with van der Waals surface area (Å²) in [5.41, 5.74) is 0.868. The van der Waals surface area contributed by atoms with Crippen LogP contribution >= 0.6 is 0 Å². The summed E-state index contributed by atoms with van der Waals surface area (Å²) in [5, 5.41) is 7.00. The summed E-state index contributed by atoms with van der Waals surface area (Å²) < 4.78 is 12.8.